The van der Waals surface area contributed by atoms with E-state index >= 15 is 0 Å². The summed E-state index contributed by atoms with van der Waals surface area (Å²) in [5.74, 6) is 3.43. The molecule has 4 heteroatoms. The predicted octanol–water partition coefficient (Wildman–Crippen LogP) is 7.65. The number of allylic oxidation sites excluding steroid dienone is 5. The minimum atomic E-state index is 0.106. The van der Waals surface area contributed by atoms with Gasteiger partial charge in [-0.15, -0.1) is 0 Å². The van der Waals surface area contributed by atoms with E-state index in [-0.39, 0.29) is 11.1 Å². The normalized spacial score (nSPS) is 49.0. The van der Waals surface area contributed by atoms with E-state index in [0.717, 1.165) is 30.1 Å². The molecule has 9 rings (SSSR count). The van der Waals surface area contributed by atoms with Gasteiger partial charge in [-0.1, -0.05) is 50.6 Å². The molecule has 0 radical (unpaired) electrons. The van der Waals surface area contributed by atoms with Crippen LogP contribution in [-0.2, 0) is 0 Å². The van der Waals surface area contributed by atoms with Gasteiger partial charge in [0.05, 0.1) is 0 Å². The summed E-state index contributed by atoms with van der Waals surface area (Å²) in [4.78, 5) is 5.31. The molecule has 0 aromatic heterocycles. The number of rotatable bonds is 6. The largest absolute Gasteiger partial charge is 0.310 e. The molecular formula is C42H64N4. The van der Waals surface area contributed by atoms with Gasteiger partial charge in [0.2, 0.25) is 0 Å². The van der Waals surface area contributed by atoms with Gasteiger partial charge in [-0.3, -0.25) is 0 Å². The molecule has 7 fully saturated rings. The maximum Gasteiger partial charge on any atom is 0.0444 e. The summed E-state index contributed by atoms with van der Waals surface area (Å²) in [6.07, 6.45) is 25.5. The van der Waals surface area contributed by atoms with Crippen LogP contribution < -0.4 is 10.6 Å². The number of nitrogens with zero attached hydrogens (tertiary/aromatic N) is 2. The van der Waals surface area contributed by atoms with Crippen LogP contribution in [0.15, 0.2) is 47.1 Å². The van der Waals surface area contributed by atoms with Crippen LogP contribution >= 0.6 is 0 Å². The average Bonchev–Trinajstić information content (AvgIpc) is 3.63. The van der Waals surface area contributed by atoms with Gasteiger partial charge < -0.3 is 20.4 Å². The van der Waals surface area contributed by atoms with Gasteiger partial charge in [0.1, 0.15) is 0 Å². The Morgan fingerprint density at radius 2 is 1.78 bits per heavy atom. The fourth-order valence-corrected chi connectivity index (χ4v) is 15.4. The Hall–Kier alpha value is -1.20. The van der Waals surface area contributed by atoms with Gasteiger partial charge in [0, 0.05) is 54.8 Å². The number of hydrogen-bond acceptors (Lipinski definition) is 4. The molecule has 0 aromatic carbocycles. The second-order valence-corrected chi connectivity index (χ2v) is 19.3. The molecule has 9 atom stereocenters. The van der Waals surface area contributed by atoms with E-state index in [0.29, 0.717) is 21.8 Å². The lowest BCUT2D eigenvalue weighted by atomic mass is 9.37. The molecular weight excluding hydrogens is 560 g/mol. The highest BCUT2D eigenvalue weighted by molar-refractivity contribution is 5.52. The van der Waals surface area contributed by atoms with Crippen LogP contribution in [0.2, 0.25) is 0 Å². The van der Waals surface area contributed by atoms with Gasteiger partial charge in [0.25, 0.3) is 0 Å². The van der Waals surface area contributed by atoms with Gasteiger partial charge in [-0.2, -0.15) is 0 Å². The highest BCUT2D eigenvalue weighted by Gasteiger charge is 2.77. The van der Waals surface area contributed by atoms with Crippen molar-refractivity contribution < 1.29 is 0 Å². The molecule has 46 heavy (non-hydrogen) atoms. The molecule has 4 saturated carbocycles. The van der Waals surface area contributed by atoms with Gasteiger partial charge in [-0.05, 0) is 156 Å². The maximum absolute atomic E-state index is 4.68. The van der Waals surface area contributed by atoms with E-state index < -0.39 is 0 Å². The van der Waals surface area contributed by atoms with Gasteiger partial charge in [0.15, 0.2) is 0 Å². The van der Waals surface area contributed by atoms with E-state index in [9.17, 15) is 0 Å². The Morgan fingerprint density at radius 1 is 0.935 bits per heavy atom. The Balaban J connectivity index is 0.939. The lowest BCUT2D eigenvalue weighted by molar-refractivity contribution is -0.159. The van der Waals surface area contributed by atoms with E-state index in [4.69, 9.17) is 0 Å². The molecule has 0 aromatic rings. The molecule has 252 valence electrons. The summed E-state index contributed by atoms with van der Waals surface area (Å²) in [7, 11) is 2.29. The van der Waals surface area contributed by atoms with Crippen LogP contribution in [-0.4, -0.2) is 72.7 Å². The molecule has 3 aliphatic heterocycles. The van der Waals surface area contributed by atoms with Gasteiger partial charge >= 0.3 is 0 Å². The Kier molecular flexibility index (Phi) is 6.82. The van der Waals surface area contributed by atoms with Crippen LogP contribution in [0.1, 0.15) is 111 Å². The van der Waals surface area contributed by atoms with E-state index in [1.54, 1.807) is 11.1 Å². The SMILES string of the molecule is C=C(C)C1=CC=C(C2=CCC3(C)C4CCC5(C)C6CCC7(NCCN8CCC9(CN(C)C9)C8)CCCC7C6CCC53NC24C)CC1. The van der Waals surface area contributed by atoms with Crippen LogP contribution in [0.25, 0.3) is 0 Å². The topological polar surface area (TPSA) is 30.5 Å². The molecule has 2 N–H and O–H groups in total. The molecule has 3 heterocycles. The first-order chi connectivity index (χ1) is 22.0. The number of fused-ring (bicyclic) bond motifs is 4. The molecule has 2 spiro atoms. The van der Waals surface area contributed by atoms with Crippen LogP contribution in [0, 0.1) is 39.9 Å². The van der Waals surface area contributed by atoms with Crippen molar-refractivity contribution in [2.24, 2.45) is 39.9 Å². The average molecular weight is 625 g/mol. The van der Waals surface area contributed by atoms with Crippen molar-refractivity contribution in [3.05, 3.63) is 47.1 Å². The summed E-state index contributed by atoms with van der Waals surface area (Å²) in [5.41, 5.74) is 8.11. The van der Waals surface area contributed by atoms with E-state index in [1.807, 2.05) is 0 Å². The summed E-state index contributed by atoms with van der Waals surface area (Å²) >= 11 is 0. The zero-order valence-corrected chi connectivity index (χ0v) is 30.1. The van der Waals surface area contributed by atoms with Crippen molar-refractivity contribution in [2.75, 3.05) is 46.3 Å². The zero-order chi connectivity index (χ0) is 31.7. The second kappa shape index (κ2) is 10.2. The minimum absolute atomic E-state index is 0.106. The highest BCUT2D eigenvalue weighted by Crippen LogP contribution is 2.76. The van der Waals surface area contributed by atoms with Crippen LogP contribution in [0.5, 0.6) is 0 Å². The summed E-state index contributed by atoms with van der Waals surface area (Å²) in [6.45, 7) is 22.4. The predicted molar refractivity (Wildman–Crippen MR) is 191 cm³/mol. The van der Waals surface area contributed by atoms with Crippen LogP contribution in [0.3, 0.4) is 0 Å². The Labute approximate surface area is 281 Å². The number of likely N-dealkylation sites (tertiary alicyclic amines) is 2. The van der Waals surface area contributed by atoms with Crippen molar-refractivity contribution >= 4 is 0 Å². The maximum atomic E-state index is 4.68. The summed E-state index contributed by atoms with van der Waals surface area (Å²) in [5, 5.41) is 9.04. The smallest absolute Gasteiger partial charge is 0.0444 e. The molecule has 4 nitrogen and oxygen atoms in total. The molecule has 6 aliphatic carbocycles. The highest BCUT2D eigenvalue weighted by atomic mass is 15.3. The molecule has 9 unspecified atom stereocenters. The van der Waals surface area contributed by atoms with Crippen molar-refractivity contribution in [3.63, 3.8) is 0 Å². The standard InChI is InChI=1S/C42H64N4/c1-29(2)30-9-11-31(12-10-30)33-14-18-38(4)36-16-19-37(3)34-15-20-41(43-23-25-46-24-22-40(28-46)26-45(6)27-40)17-7-8-35(41)32(34)13-21-42(37,38)44-39(33,36)5/h9,11,14,32,34-36,43-44H,1,7-8,10,12-13,15-28H2,2-6H3. The lowest BCUT2D eigenvalue weighted by Gasteiger charge is -2.69. The third-order valence-corrected chi connectivity index (χ3v) is 17.3. The minimum Gasteiger partial charge on any atom is -0.310 e. The lowest BCUT2D eigenvalue weighted by Crippen LogP contribution is -2.71. The molecule has 0 amide bonds. The zero-order valence-electron chi connectivity index (χ0n) is 30.1. The van der Waals surface area contributed by atoms with Gasteiger partial charge in [-0.25, -0.2) is 0 Å². The molecule has 4 bridgehead atoms. The number of hydrogen-bond donors (Lipinski definition) is 2. The first kappa shape index (κ1) is 30.8. The fourth-order valence-electron chi connectivity index (χ4n) is 15.4. The number of nitrogens with one attached hydrogen (secondary N) is 2. The second-order valence-electron chi connectivity index (χ2n) is 19.3. The Bertz CT molecular complexity index is 1400. The van der Waals surface area contributed by atoms with Crippen molar-refractivity contribution in [1.29, 1.82) is 0 Å². The summed E-state index contributed by atoms with van der Waals surface area (Å²) < 4.78 is 0. The van der Waals surface area contributed by atoms with Crippen LogP contribution in [0.4, 0.5) is 0 Å². The first-order valence-electron chi connectivity index (χ1n) is 19.7. The third kappa shape index (κ3) is 3.94. The Morgan fingerprint density at radius 3 is 2.54 bits per heavy atom. The molecule has 9 aliphatic rings. The third-order valence-electron chi connectivity index (χ3n) is 17.3. The van der Waals surface area contributed by atoms with Crippen molar-refractivity contribution in [2.45, 2.75) is 128 Å². The monoisotopic (exact) mass is 625 g/mol. The van der Waals surface area contributed by atoms with E-state index in [1.165, 1.54) is 127 Å². The van der Waals surface area contributed by atoms with Crippen molar-refractivity contribution in [1.82, 2.24) is 20.4 Å². The quantitative estimate of drug-likeness (QED) is 0.318. The van der Waals surface area contributed by atoms with Crippen molar-refractivity contribution in [3.8, 4) is 0 Å². The first-order valence-corrected chi connectivity index (χ1v) is 19.7. The summed E-state index contributed by atoms with van der Waals surface area (Å²) in [6, 6.07) is 0. The van der Waals surface area contributed by atoms with E-state index in [2.05, 4.69) is 80.0 Å². The fraction of sp³-hybridized carbons (Fsp3) is 0.810. The molecule has 3 saturated heterocycles.